The lowest BCUT2D eigenvalue weighted by molar-refractivity contribution is -0.149. The number of carbonyl (C=O) groups excluding carboxylic acids is 1. The van der Waals surface area contributed by atoms with E-state index in [0.717, 1.165) is 13.0 Å². The van der Waals surface area contributed by atoms with Crippen LogP contribution in [0.15, 0.2) is 0 Å². The quantitative estimate of drug-likeness (QED) is 0.832. The van der Waals surface area contributed by atoms with Gasteiger partial charge in [0.05, 0.1) is 18.4 Å². The molecule has 2 rings (SSSR count). The molecule has 5 heteroatoms. The van der Waals surface area contributed by atoms with Gasteiger partial charge < -0.3 is 14.7 Å². The first-order chi connectivity index (χ1) is 9.52. The van der Waals surface area contributed by atoms with E-state index >= 15 is 0 Å². The smallest absolute Gasteiger partial charge is 0.307 e. The third-order valence-corrected chi connectivity index (χ3v) is 4.63. The van der Waals surface area contributed by atoms with Crippen LogP contribution in [0.2, 0.25) is 0 Å². The summed E-state index contributed by atoms with van der Waals surface area (Å²) in [4.78, 5) is 25.8. The minimum atomic E-state index is -0.826. The number of rotatable bonds is 5. The molecule has 0 spiro atoms. The minimum Gasteiger partial charge on any atom is -0.481 e. The van der Waals surface area contributed by atoms with Crippen molar-refractivity contribution in [1.82, 2.24) is 4.90 Å². The molecule has 1 N–H and O–H groups in total. The molecule has 0 aromatic heterocycles. The number of amides is 1. The van der Waals surface area contributed by atoms with E-state index in [9.17, 15) is 14.7 Å². The van der Waals surface area contributed by atoms with E-state index in [2.05, 4.69) is 0 Å². The van der Waals surface area contributed by atoms with Gasteiger partial charge in [-0.15, -0.1) is 0 Å². The van der Waals surface area contributed by atoms with Crippen LogP contribution < -0.4 is 0 Å². The molecule has 114 valence electrons. The van der Waals surface area contributed by atoms with Gasteiger partial charge in [-0.3, -0.25) is 9.59 Å². The largest absolute Gasteiger partial charge is 0.481 e. The molecule has 1 saturated heterocycles. The molecule has 0 bridgehead atoms. The Morgan fingerprint density at radius 1 is 1.30 bits per heavy atom. The Balaban J connectivity index is 2.01. The molecule has 2 fully saturated rings. The normalized spacial score (nSPS) is 33.3. The maximum Gasteiger partial charge on any atom is 0.307 e. The van der Waals surface area contributed by atoms with Gasteiger partial charge in [0.15, 0.2) is 0 Å². The summed E-state index contributed by atoms with van der Waals surface area (Å²) in [6.07, 6.45) is 2.32. The summed E-state index contributed by atoms with van der Waals surface area (Å²) in [5.41, 5.74) is 0. The molecule has 0 aromatic carbocycles. The van der Waals surface area contributed by atoms with Crippen molar-refractivity contribution >= 4 is 11.9 Å². The van der Waals surface area contributed by atoms with Crippen molar-refractivity contribution in [2.24, 2.45) is 23.7 Å². The third kappa shape index (κ3) is 3.32. The molecule has 0 radical (unpaired) electrons. The van der Waals surface area contributed by atoms with Crippen LogP contribution in [0.25, 0.3) is 0 Å². The number of hydrogen-bond donors (Lipinski definition) is 1. The lowest BCUT2D eigenvalue weighted by Crippen LogP contribution is -2.41. The van der Waals surface area contributed by atoms with Crippen molar-refractivity contribution in [2.75, 3.05) is 26.3 Å². The zero-order chi connectivity index (χ0) is 14.7. The summed E-state index contributed by atoms with van der Waals surface area (Å²) in [5, 5.41) is 9.30. The fourth-order valence-electron chi connectivity index (χ4n) is 3.49. The van der Waals surface area contributed by atoms with Gasteiger partial charge in [0.25, 0.3) is 0 Å². The van der Waals surface area contributed by atoms with E-state index in [1.54, 1.807) is 0 Å². The van der Waals surface area contributed by atoms with E-state index in [-0.39, 0.29) is 11.8 Å². The van der Waals surface area contributed by atoms with Crippen LogP contribution in [0.5, 0.6) is 0 Å². The van der Waals surface area contributed by atoms with Crippen LogP contribution in [0.1, 0.15) is 33.1 Å². The molecule has 1 aliphatic heterocycles. The van der Waals surface area contributed by atoms with Crippen LogP contribution in [0.4, 0.5) is 0 Å². The summed E-state index contributed by atoms with van der Waals surface area (Å²) < 4.78 is 5.35. The van der Waals surface area contributed by atoms with Crippen molar-refractivity contribution in [1.29, 1.82) is 0 Å². The highest BCUT2D eigenvalue weighted by Crippen LogP contribution is 2.37. The zero-order valence-corrected chi connectivity index (χ0v) is 12.4. The SMILES string of the molecule is CCN(CC1CCOC1)C(=O)C1CC(C)CC1C(=O)O. The highest BCUT2D eigenvalue weighted by molar-refractivity contribution is 5.85. The maximum atomic E-state index is 12.6. The number of carbonyl (C=O) groups is 2. The fraction of sp³-hybridized carbons (Fsp3) is 0.867. The Morgan fingerprint density at radius 3 is 2.55 bits per heavy atom. The van der Waals surface area contributed by atoms with Gasteiger partial charge in [-0.05, 0) is 32.1 Å². The molecule has 20 heavy (non-hydrogen) atoms. The molecule has 4 atom stereocenters. The third-order valence-electron chi connectivity index (χ3n) is 4.63. The molecular formula is C15H25NO4. The Labute approximate surface area is 120 Å². The topological polar surface area (TPSA) is 66.8 Å². The number of ether oxygens (including phenoxy) is 1. The maximum absolute atomic E-state index is 12.6. The van der Waals surface area contributed by atoms with Crippen molar-refractivity contribution in [3.8, 4) is 0 Å². The van der Waals surface area contributed by atoms with Gasteiger partial charge >= 0.3 is 5.97 Å². The minimum absolute atomic E-state index is 0.0242. The zero-order valence-electron chi connectivity index (χ0n) is 12.4. The van der Waals surface area contributed by atoms with Gasteiger partial charge in [0, 0.05) is 25.6 Å². The van der Waals surface area contributed by atoms with Gasteiger partial charge in [-0.2, -0.15) is 0 Å². The average molecular weight is 283 g/mol. The summed E-state index contributed by atoms with van der Waals surface area (Å²) in [6.45, 7) is 6.83. The standard InChI is InChI=1S/C15H25NO4/c1-3-16(8-11-4-5-20-9-11)14(17)12-6-10(2)7-13(12)15(18)19/h10-13H,3-9H2,1-2H3,(H,18,19). The van der Waals surface area contributed by atoms with Gasteiger partial charge in [-0.1, -0.05) is 6.92 Å². The van der Waals surface area contributed by atoms with E-state index in [1.807, 2.05) is 18.7 Å². The van der Waals surface area contributed by atoms with Gasteiger partial charge in [-0.25, -0.2) is 0 Å². The Bertz CT molecular complexity index is 365. The molecular weight excluding hydrogens is 258 g/mol. The first-order valence-corrected chi connectivity index (χ1v) is 7.62. The predicted octanol–water partition coefficient (Wildman–Crippen LogP) is 1.62. The summed E-state index contributed by atoms with van der Waals surface area (Å²) in [5.74, 6) is -0.931. The number of hydrogen-bond acceptors (Lipinski definition) is 3. The van der Waals surface area contributed by atoms with Crippen molar-refractivity contribution < 1.29 is 19.4 Å². The summed E-state index contributed by atoms with van der Waals surface area (Å²) >= 11 is 0. The molecule has 0 aromatic rings. The molecule has 1 heterocycles. The summed E-state index contributed by atoms with van der Waals surface area (Å²) in [7, 11) is 0. The molecule has 2 aliphatic rings. The van der Waals surface area contributed by atoms with E-state index in [0.29, 0.717) is 44.4 Å². The van der Waals surface area contributed by atoms with Crippen LogP contribution in [0, 0.1) is 23.7 Å². The van der Waals surface area contributed by atoms with Crippen LogP contribution in [-0.2, 0) is 14.3 Å². The predicted molar refractivity (Wildman–Crippen MR) is 74.2 cm³/mol. The van der Waals surface area contributed by atoms with E-state index in [1.165, 1.54) is 0 Å². The Kier molecular flexibility index (Phi) is 5.02. The number of carboxylic acid groups (broad SMARTS) is 1. The van der Waals surface area contributed by atoms with Crippen LogP contribution >= 0.6 is 0 Å². The van der Waals surface area contributed by atoms with Crippen molar-refractivity contribution in [3.05, 3.63) is 0 Å². The molecule has 1 amide bonds. The Morgan fingerprint density at radius 2 is 2.00 bits per heavy atom. The Hall–Kier alpha value is -1.10. The first kappa shape index (κ1) is 15.3. The second kappa shape index (κ2) is 6.57. The molecule has 5 nitrogen and oxygen atoms in total. The van der Waals surface area contributed by atoms with E-state index in [4.69, 9.17) is 4.74 Å². The number of nitrogens with zero attached hydrogens (tertiary/aromatic N) is 1. The summed E-state index contributed by atoms with van der Waals surface area (Å²) in [6, 6.07) is 0. The molecule has 4 unspecified atom stereocenters. The highest BCUT2D eigenvalue weighted by Gasteiger charge is 2.42. The monoisotopic (exact) mass is 283 g/mol. The van der Waals surface area contributed by atoms with Crippen molar-refractivity contribution in [3.63, 3.8) is 0 Å². The van der Waals surface area contributed by atoms with Crippen LogP contribution in [0.3, 0.4) is 0 Å². The number of aliphatic carboxylic acids is 1. The van der Waals surface area contributed by atoms with E-state index < -0.39 is 11.9 Å². The fourth-order valence-corrected chi connectivity index (χ4v) is 3.49. The molecule has 1 aliphatic carbocycles. The highest BCUT2D eigenvalue weighted by atomic mass is 16.5. The van der Waals surface area contributed by atoms with Crippen molar-refractivity contribution in [2.45, 2.75) is 33.1 Å². The first-order valence-electron chi connectivity index (χ1n) is 7.62. The second-order valence-electron chi connectivity index (χ2n) is 6.23. The average Bonchev–Trinajstić information content (AvgIpc) is 3.04. The van der Waals surface area contributed by atoms with Crippen LogP contribution in [-0.4, -0.2) is 48.2 Å². The lowest BCUT2D eigenvalue weighted by Gasteiger charge is -2.28. The van der Waals surface area contributed by atoms with Gasteiger partial charge in [0.2, 0.25) is 5.91 Å². The lowest BCUT2D eigenvalue weighted by atomic mass is 9.94. The molecule has 1 saturated carbocycles. The number of carboxylic acids is 1. The second-order valence-corrected chi connectivity index (χ2v) is 6.23. The van der Waals surface area contributed by atoms with Gasteiger partial charge in [0.1, 0.15) is 0 Å².